The third-order valence-electron chi connectivity index (χ3n) is 4.09. The van der Waals surface area contributed by atoms with Gasteiger partial charge in [-0.05, 0) is 74.7 Å². The zero-order valence-electron chi connectivity index (χ0n) is 17.3. The van der Waals surface area contributed by atoms with E-state index in [-0.39, 0.29) is 5.78 Å². The van der Waals surface area contributed by atoms with E-state index in [1.54, 1.807) is 24.3 Å². The Balaban J connectivity index is 2.21. The van der Waals surface area contributed by atoms with Crippen LogP contribution in [-0.4, -0.2) is 25.6 Å². The van der Waals surface area contributed by atoms with E-state index >= 15 is 0 Å². The first-order valence-corrected chi connectivity index (χ1v) is 9.94. The molecule has 0 atom stereocenters. The number of ether oxygens (including phenoxy) is 3. The number of allylic oxidation sites excluding steroid dienone is 1. The molecule has 4 nitrogen and oxygen atoms in total. The molecule has 2 aromatic carbocycles. The van der Waals surface area contributed by atoms with Gasteiger partial charge in [-0.25, -0.2) is 0 Å². The highest BCUT2D eigenvalue weighted by molar-refractivity contribution is 6.07. The van der Waals surface area contributed by atoms with Crippen LogP contribution >= 0.6 is 0 Å². The summed E-state index contributed by atoms with van der Waals surface area (Å²) in [6.45, 7) is 9.95. The van der Waals surface area contributed by atoms with Gasteiger partial charge in [0, 0.05) is 17.2 Å². The second-order valence-corrected chi connectivity index (χ2v) is 6.51. The van der Waals surface area contributed by atoms with Gasteiger partial charge in [0.05, 0.1) is 19.8 Å². The van der Waals surface area contributed by atoms with E-state index in [0.717, 1.165) is 41.2 Å². The molecule has 0 aliphatic rings. The van der Waals surface area contributed by atoms with Gasteiger partial charge in [-0.3, -0.25) is 4.79 Å². The Labute approximate surface area is 168 Å². The lowest BCUT2D eigenvalue weighted by molar-refractivity contribution is 0.104. The number of ketones is 1. The zero-order valence-corrected chi connectivity index (χ0v) is 17.3. The first-order chi connectivity index (χ1) is 13.6. The van der Waals surface area contributed by atoms with Crippen LogP contribution in [-0.2, 0) is 0 Å². The van der Waals surface area contributed by atoms with Crippen molar-refractivity contribution in [2.75, 3.05) is 19.8 Å². The number of carbonyl (C=O) groups excluding carboxylic acids is 1. The quantitative estimate of drug-likeness (QED) is 0.360. The lowest BCUT2D eigenvalue weighted by atomic mass is 10.1. The van der Waals surface area contributed by atoms with Crippen molar-refractivity contribution in [3.8, 4) is 17.2 Å². The van der Waals surface area contributed by atoms with E-state index in [9.17, 15) is 4.79 Å². The fourth-order valence-electron chi connectivity index (χ4n) is 2.67. The maximum Gasteiger partial charge on any atom is 0.185 e. The highest BCUT2D eigenvalue weighted by atomic mass is 16.5. The molecular formula is C24H30O4. The maximum atomic E-state index is 12.5. The Hall–Kier alpha value is -2.75. The van der Waals surface area contributed by atoms with Crippen LogP contribution in [0.5, 0.6) is 17.2 Å². The molecule has 0 spiro atoms. The van der Waals surface area contributed by atoms with Crippen molar-refractivity contribution in [1.82, 2.24) is 0 Å². The Morgan fingerprint density at radius 2 is 1.54 bits per heavy atom. The van der Waals surface area contributed by atoms with Crippen LogP contribution in [0, 0.1) is 6.92 Å². The number of benzene rings is 2. The lowest BCUT2D eigenvalue weighted by Crippen LogP contribution is -2.02. The van der Waals surface area contributed by atoms with Gasteiger partial charge in [0.15, 0.2) is 5.78 Å². The third kappa shape index (κ3) is 6.15. The van der Waals surface area contributed by atoms with E-state index in [1.165, 1.54) is 0 Å². The first kappa shape index (κ1) is 21.5. The smallest absolute Gasteiger partial charge is 0.185 e. The highest BCUT2D eigenvalue weighted by Crippen LogP contribution is 2.30. The third-order valence-corrected chi connectivity index (χ3v) is 4.09. The van der Waals surface area contributed by atoms with Crippen molar-refractivity contribution in [3.63, 3.8) is 0 Å². The van der Waals surface area contributed by atoms with E-state index in [0.29, 0.717) is 25.4 Å². The van der Waals surface area contributed by atoms with E-state index in [2.05, 4.69) is 13.8 Å². The number of aryl methyl sites for hydroxylation is 1. The van der Waals surface area contributed by atoms with Gasteiger partial charge in [0.1, 0.15) is 17.2 Å². The van der Waals surface area contributed by atoms with Gasteiger partial charge < -0.3 is 14.2 Å². The molecule has 0 aliphatic heterocycles. The number of rotatable bonds is 11. The number of hydrogen-bond donors (Lipinski definition) is 0. The molecule has 4 heteroatoms. The van der Waals surface area contributed by atoms with Gasteiger partial charge >= 0.3 is 0 Å². The van der Waals surface area contributed by atoms with Crippen LogP contribution in [0.2, 0.25) is 0 Å². The summed E-state index contributed by atoms with van der Waals surface area (Å²) in [5.74, 6) is 2.25. The molecule has 0 heterocycles. The molecule has 0 unspecified atom stereocenters. The van der Waals surface area contributed by atoms with Crippen LogP contribution in [0.15, 0.2) is 42.5 Å². The molecule has 0 saturated carbocycles. The van der Waals surface area contributed by atoms with Crippen LogP contribution in [0.3, 0.4) is 0 Å². The minimum atomic E-state index is -0.0616. The Morgan fingerprint density at radius 1 is 0.893 bits per heavy atom. The van der Waals surface area contributed by atoms with Gasteiger partial charge in [-0.2, -0.15) is 0 Å². The van der Waals surface area contributed by atoms with E-state index in [4.69, 9.17) is 14.2 Å². The van der Waals surface area contributed by atoms with E-state index < -0.39 is 0 Å². The van der Waals surface area contributed by atoms with Crippen molar-refractivity contribution in [3.05, 3.63) is 59.2 Å². The highest BCUT2D eigenvalue weighted by Gasteiger charge is 2.09. The molecule has 2 aromatic rings. The SMILES string of the molecule is CCCOc1cc(OCCC)c(/C=C/C(=O)c2ccc(OCC)cc2)cc1C. The molecule has 0 fully saturated rings. The maximum absolute atomic E-state index is 12.5. The summed E-state index contributed by atoms with van der Waals surface area (Å²) in [6, 6.07) is 11.1. The van der Waals surface area contributed by atoms with Crippen LogP contribution in [0.1, 0.15) is 55.1 Å². The molecule has 0 amide bonds. The zero-order chi connectivity index (χ0) is 20.4. The molecule has 28 heavy (non-hydrogen) atoms. The summed E-state index contributed by atoms with van der Waals surface area (Å²) >= 11 is 0. The summed E-state index contributed by atoms with van der Waals surface area (Å²) < 4.78 is 17.1. The minimum Gasteiger partial charge on any atom is -0.494 e. The van der Waals surface area contributed by atoms with Crippen molar-refractivity contribution >= 4 is 11.9 Å². The van der Waals surface area contributed by atoms with Gasteiger partial charge in [0.25, 0.3) is 0 Å². The lowest BCUT2D eigenvalue weighted by Gasteiger charge is -2.14. The average Bonchev–Trinajstić information content (AvgIpc) is 2.71. The van der Waals surface area contributed by atoms with Crippen LogP contribution < -0.4 is 14.2 Å². The van der Waals surface area contributed by atoms with Gasteiger partial charge in [-0.15, -0.1) is 0 Å². The fourth-order valence-corrected chi connectivity index (χ4v) is 2.67. The molecule has 0 radical (unpaired) electrons. The molecule has 0 aromatic heterocycles. The molecule has 0 aliphatic carbocycles. The predicted molar refractivity (Wildman–Crippen MR) is 114 cm³/mol. The predicted octanol–water partition coefficient (Wildman–Crippen LogP) is 5.87. The largest absolute Gasteiger partial charge is 0.494 e. The molecule has 0 N–H and O–H groups in total. The van der Waals surface area contributed by atoms with Crippen molar-refractivity contribution in [2.45, 2.75) is 40.5 Å². The Kier molecular flexibility index (Phi) is 8.60. The van der Waals surface area contributed by atoms with Crippen molar-refractivity contribution in [1.29, 1.82) is 0 Å². The summed E-state index contributed by atoms with van der Waals surface area (Å²) in [5.41, 5.74) is 2.51. The van der Waals surface area contributed by atoms with Crippen molar-refractivity contribution < 1.29 is 19.0 Å². The molecule has 150 valence electrons. The average molecular weight is 383 g/mol. The van der Waals surface area contributed by atoms with Crippen LogP contribution in [0.4, 0.5) is 0 Å². The summed E-state index contributed by atoms with van der Waals surface area (Å²) in [5, 5.41) is 0. The second-order valence-electron chi connectivity index (χ2n) is 6.51. The molecule has 0 bridgehead atoms. The topological polar surface area (TPSA) is 44.8 Å². The monoisotopic (exact) mass is 382 g/mol. The Bertz CT molecular complexity index is 791. The normalized spacial score (nSPS) is 10.9. The van der Waals surface area contributed by atoms with Gasteiger partial charge in [-0.1, -0.05) is 13.8 Å². The van der Waals surface area contributed by atoms with E-state index in [1.807, 2.05) is 38.1 Å². The minimum absolute atomic E-state index is 0.0616. The standard InChI is InChI=1S/C24H30O4/c1-5-14-27-23-17-24(28-15-6-2)20(16-18(23)4)10-13-22(25)19-8-11-21(12-9-19)26-7-3/h8-13,16-17H,5-7,14-15H2,1-4H3/b13-10+. The first-order valence-electron chi connectivity index (χ1n) is 9.94. The second kappa shape index (κ2) is 11.2. The fraction of sp³-hybridized carbons (Fsp3) is 0.375. The summed E-state index contributed by atoms with van der Waals surface area (Å²) in [4.78, 5) is 12.5. The van der Waals surface area contributed by atoms with Gasteiger partial charge in [0.2, 0.25) is 0 Å². The molecule has 2 rings (SSSR count). The summed E-state index contributed by atoms with van der Waals surface area (Å²) in [6.07, 6.45) is 5.24. The van der Waals surface area contributed by atoms with Crippen molar-refractivity contribution in [2.24, 2.45) is 0 Å². The molecule has 0 saturated heterocycles. The Morgan fingerprint density at radius 3 is 2.14 bits per heavy atom. The number of hydrogen-bond acceptors (Lipinski definition) is 4. The summed E-state index contributed by atoms with van der Waals surface area (Å²) in [7, 11) is 0. The molecular weight excluding hydrogens is 352 g/mol. The number of carbonyl (C=O) groups is 1. The van der Waals surface area contributed by atoms with Crippen LogP contribution in [0.25, 0.3) is 6.08 Å².